The SMILES string of the molecule is C=CC(CC)C(C)(C)ON=O. The zero-order chi connectivity index (χ0) is 8.91. The molecule has 3 nitrogen and oxygen atoms in total. The van der Waals surface area contributed by atoms with Gasteiger partial charge in [0.25, 0.3) is 0 Å². The van der Waals surface area contributed by atoms with E-state index in [4.69, 9.17) is 0 Å². The summed E-state index contributed by atoms with van der Waals surface area (Å²) in [5.41, 5.74) is -0.530. The van der Waals surface area contributed by atoms with E-state index in [1.165, 1.54) is 0 Å². The van der Waals surface area contributed by atoms with E-state index in [2.05, 4.69) is 16.8 Å². The van der Waals surface area contributed by atoms with Crippen LogP contribution < -0.4 is 0 Å². The monoisotopic (exact) mass is 157 g/mol. The van der Waals surface area contributed by atoms with Gasteiger partial charge in [0.15, 0.2) is 5.34 Å². The zero-order valence-electron chi connectivity index (χ0n) is 7.33. The molecule has 11 heavy (non-hydrogen) atoms. The van der Waals surface area contributed by atoms with Crippen LogP contribution in [-0.2, 0) is 4.84 Å². The van der Waals surface area contributed by atoms with Crippen LogP contribution in [0.3, 0.4) is 0 Å². The number of hydrogen-bond acceptors (Lipinski definition) is 3. The highest BCUT2D eigenvalue weighted by molar-refractivity contribution is 4.90. The molecule has 0 bridgehead atoms. The Kier molecular flexibility index (Phi) is 3.79. The molecule has 0 radical (unpaired) electrons. The Morgan fingerprint density at radius 2 is 2.27 bits per heavy atom. The Labute approximate surface area is 67.4 Å². The van der Waals surface area contributed by atoms with Gasteiger partial charge in [-0.15, -0.1) is 11.5 Å². The Bertz CT molecular complexity index is 143. The van der Waals surface area contributed by atoms with Gasteiger partial charge in [0, 0.05) is 5.92 Å². The molecule has 0 saturated carbocycles. The Balaban J connectivity index is 4.22. The second-order valence-electron chi connectivity index (χ2n) is 3.02. The molecule has 0 aromatic carbocycles. The summed E-state index contributed by atoms with van der Waals surface area (Å²) in [6, 6.07) is 0. The highest BCUT2D eigenvalue weighted by Gasteiger charge is 2.28. The van der Waals surface area contributed by atoms with Crippen LogP contribution in [0.5, 0.6) is 0 Å². The highest BCUT2D eigenvalue weighted by Crippen LogP contribution is 2.25. The molecule has 64 valence electrons. The van der Waals surface area contributed by atoms with Crippen molar-refractivity contribution in [2.75, 3.05) is 0 Å². The van der Waals surface area contributed by atoms with Gasteiger partial charge in [-0.1, -0.05) is 13.0 Å². The first-order chi connectivity index (χ1) is 5.08. The van der Waals surface area contributed by atoms with Gasteiger partial charge in [-0.2, -0.15) is 0 Å². The molecule has 0 aromatic rings. The molecule has 0 spiro atoms. The second-order valence-corrected chi connectivity index (χ2v) is 3.02. The Morgan fingerprint density at radius 1 is 1.73 bits per heavy atom. The van der Waals surface area contributed by atoms with Crippen LogP contribution in [0, 0.1) is 10.8 Å². The lowest BCUT2D eigenvalue weighted by atomic mass is 9.89. The normalized spacial score (nSPS) is 13.7. The first kappa shape index (κ1) is 10.1. The molecule has 0 aliphatic carbocycles. The minimum absolute atomic E-state index is 0.167. The van der Waals surface area contributed by atoms with Gasteiger partial charge in [0.05, 0.1) is 0 Å². The Morgan fingerprint density at radius 3 is 2.55 bits per heavy atom. The maximum Gasteiger partial charge on any atom is 0.155 e. The van der Waals surface area contributed by atoms with Gasteiger partial charge in [-0.05, 0) is 20.3 Å². The summed E-state index contributed by atoms with van der Waals surface area (Å²) in [6.07, 6.45) is 2.68. The lowest BCUT2D eigenvalue weighted by molar-refractivity contribution is -0.0482. The zero-order valence-corrected chi connectivity index (χ0v) is 7.33. The van der Waals surface area contributed by atoms with Crippen LogP contribution in [0.15, 0.2) is 18.0 Å². The molecule has 1 unspecified atom stereocenters. The van der Waals surface area contributed by atoms with Crippen LogP contribution in [0.4, 0.5) is 0 Å². The number of nitrogens with zero attached hydrogens (tertiary/aromatic N) is 1. The van der Waals surface area contributed by atoms with Crippen molar-refractivity contribution in [1.29, 1.82) is 0 Å². The van der Waals surface area contributed by atoms with Crippen molar-refractivity contribution in [1.82, 2.24) is 0 Å². The summed E-state index contributed by atoms with van der Waals surface area (Å²) in [7, 11) is 0. The fraction of sp³-hybridized carbons (Fsp3) is 0.750. The van der Waals surface area contributed by atoms with E-state index >= 15 is 0 Å². The first-order valence-corrected chi connectivity index (χ1v) is 3.71. The van der Waals surface area contributed by atoms with Crippen LogP contribution in [0.1, 0.15) is 27.2 Å². The third kappa shape index (κ3) is 2.70. The fourth-order valence-corrected chi connectivity index (χ4v) is 1.11. The van der Waals surface area contributed by atoms with Gasteiger partial charge >= 0.3 is 0 Å². The largest absolute Gasteiger partial charge is 0.357 e. The van der Waals surface area contributed by atoms with Gasteiger partial charge in [-0.3, -0.25) is 0 Å². The summed E-state index contributed by atoms with van der Waals surface area (Å²) in [5, 5.41) is 2.43. The Hall–Kier alpha value is -0.860. The maximum absolute atomic E-state index is 9.85. The molecule has 0 heterocycles. The second kappa shape index (κ2) is 4.11. The number of rotatable bonds is 5. The molecular weight excluding hydrogens is 142 g/mol. The van der Waals surface area contributed by atoms with Crippen LogP contribution >= 0.6 is 0 Å². The molecule has 0 aliphatic rings. The van der Waals surface area contributed by atoms with Gasteiger partial charge < -0.3 is 4.84 Å². The van der Waals surface area contributed by atoms with Gasteiger partial charge in [-0.25, -0.2) is 0 Å². The quantitative estimate of drug-likeness (QED) is 0.349. The van der Waals surface area contributed by atoms with Crippen LogP contribution in [-0.4, -0.2) is 5.60 Å². The molecular formula is C8H15NO2. The van der Waals surface area contributed by atoms with E-state index in [0.29, 0.717) is 0 Å². The van der Waals surface area contributed by atoms with Crippen molar-refractivity contribution in [3.8, 4) is 0 Å². The minimum Gasteiger partial charge on any atom is -0.357 e. The minimum atomic E-state index is -0.530. The molecule has 0 rings (SSSR count). The third-order valence-electron chi connectivity index (χ3n) is 1.89. The molecule has 1 atom stereocenters. The molecule has 0 aliphatic heterocycles. The van der Waals surface area contributed by atoms with Crippen molar-refractivity contribution in [3.63, 3.8) is 0 Å². The summed E-state index contributed by atoms with van der Waals surface area (Å²) in [4.78, 5) is 14.5. The third-order valence-corrected chi connectivity index (χ3v) is 1.89. The van der Waals surface area contributed by atoms with Crippen molar-refractivity contribution < 1.29 is 4.84 Å². The predicted octanol–water partition coefficient (Wildman–Crippen LogP) is 2.68. The molecule has 0 amide bonds. The van der Waals surface area contributed by atoms with E-state index < -0.39 is 5.60 Å². The highest BCUT2D eigenvalue weighted by atomic mass is 16.7. The molecule has 0 fully saturated rings. The average molecular weight is 157 g/mol. The summed E-state index contributed by atoms with van der Waals surface area (Å²) in [5.74, 6) is 0.167. The lowest BCUT2D eigenvalue weighted by Gasteiger charge is -2.27. The summed E-state index contributed by atoms with van der Waals surface area (Å²) >= 11 is 0. The van der Waals surface area contributed by atoms with Crippen molar-refractivity contribution in [2.24, 2.45) is 11.3 Å². The van der Waals surface area contributed by atoms with Crippen molar-refractivity contribution >= 4 is 0 Å². The van der Waals surface area contributed by atoms with E-state index in [1.807, 2.05) is 20.8 Å². The van der Waals surface area contributed by atoms with E-state index in [1.54, 1.807) is 6.08 Å². The standard InChI is InChI=1S/C8H15NO2/c1-5-7(6-2)8(3,4)11-9-10/h5,7H,1,6H2,2-4H3. The predicted molar refractivity (Wildman–Crippen MR) is 44.9 cm³/mol. The molecule has 0 N–H and O–H groups in total. The molecule has 0 saturated heterocycles. The van der Waals surface area contributed by atoms with Crippen LogP contribution in [0.25, 0.3) is 0 Å². The molecule has 0 aromatic heterocycles. The van der Waals surface area contributed by atoms with Crippen LogP contribution in [0.2, 0.25) is 0 Å². The lowest BCUT2D eigenvalue weighted by Crippen LogP contribution is -2.30. The fourth-order valence-electron chi connectivity index (χ4n) is 1.11. The van der Waals surface area contributed by atoms with E-state index in [-0.39, 0.29) is 5.92 Å². The maximum atomic E-state index is 9.85. The number of hydrogen-bond donors (Lipinski definition) is 0. The van der Waals surface area contributed by atoms with E-state index in [0.717, 1.165) is 6.42 Å². The summed E-state index contributed by atoms with van der Waals surface area (Å²) in [6.45, 7) is 9.32. The van der Waals surface area contributed by atoms with Gasteiger partial charge in [0.2, 0.25) is 0 Å². The first-order valence-electron chi connectivity index (χ1n) is 3.71. The van der Waals surface area contributed by atoms with Crippen molar-refractivity contribution in [2.45, 2.75) is 32.8 Å². The topological polar surface area (TPSA) is 38.7 Å². The average Bonchev–Trinajstić information content (AvgIpc) is 1.89. The smallest absolute Gasteiger partial charge is 0.155 e. The summed E-state index contributed by atoms with van der Waals surface area (Å²) < 4.78 is 0. The molecule has 3 heteroatoms. The van der Waals surface area contributed by atoms with E-state index in [9.17, 15) is 4.91 Å². The van der Waals surface area contributed by atoms with Gasteiger partial charge in [0.1, 0.15) is 5.60 Å². The van der Waals surface area contributed by atoms with Crippen molar-refractivity contribution in [3.05, 3.63) is 17.6 Å².